The maximum Gasteiger partial charge on any atom is 0.123 e. The van der Waals surface area contributed by atoms with E-state index in [0.29, 0.717) is 5.56 Å². The van der Waals surface area contributed by atoms with E-state index >= 15 is 0 Å². The number of aliphatic hydroxyl groups is 1. The topological polar surface area (TPSA) is 32.3 Å². The Labute approximate surface area is 106 Å². The van der Waals surface area contributed by atoms with Crippen LogP contribution >= 0.6 is 0 Å². The smallest absolute Gasteiger partial charge is 0.123 e. The Bertz CT molecular complexity index is 510. The molecule has 2 aromatic carbocycles. The molecule has 18 heavy (non-hydrogen) atoms. The van der Waals surface area contributed by atoms with Crippen molar-refractivity contribution in [1.82, 2.24) is 5.32 Å². The number of halogens is 1. The summed E-state index contributed by atoms with van der Waals surface area (Å²) in [6.45, 7) is 0.754. The molecule has 3 heteroatoms. The molecule has 0 fully saturated rings. The van der Waals surface area contributed by atoms with Gasteiger partial charge in [0.1, 0.15) is 11.9 Å². The van der Waals surface area contributed by atoms with Crippen LogP contribution in [-0.4, -0.2) is 12.2 Å². The van der Waals surface area contributed by atoms with Gasteiger partial charge in [-0.1, -0.05) is 36.4 Å². The highest BCUT2D eigenvalue weighted by Gasteiger charge is 2.10. The van der Waals surface area contributed by atoms with Crippen molar-refractivity contribution in [1.29, 1.82) is 0 Å². The largest absolute Gasteiger partial charge is 0.384 e. The molecule has 0 saturated heterocycles. The average molecular weight is 245 g/mol. The van der Waals surface area contributed by atoms with Crippen molar-refractivity contribution in [2.75, 3.05) is 7.05 Å². The lowest BCUT2D eigenvalue weighted by Crippen LogP contribution is -2.06. The first kappa shape index (κ1) is 12.7. The first-order chi connectivity index (χ1) is 8.70. The summed E-state index contributed by atoms with van der Waals surface area (Å²) in [6.07, 6.45) is -0.720. The van der Waals surface area contributed by atoms with Gasteiger partial charge in [0.05, 0.1) is 0 Å². The Kier molecular flexibility index (Phi) is 4.07. The quantitative estimate of drug-likeness (QED) is 0.868. The molecule has 0 spiro atoms. The molecular weight excluding hydrogens is 229 g/mol. The summed E-state index contributed by atoms with van der Waals surface area (Å²) in [7, 11) is 1.88. The molecule has 0 aliphatic carbocycles. The van der Waals surface area contributed by atoms with Crippen molar-refractivity contribution in [3.8, 4) is 0 Å². The van der Waals surface area contributed by atoms with Gasteiger partial charge < -0.3 is 10.4 Å². The molecule has 0 heterocycles. The summed E-state index contributed by atoms with van der Waals surface area (Å²) < 4.78 is 12.8. The molecule has 1 atom stereocenters. The van der Waals surface area contributed by atoms with Crippen LogP contribution in [0.4, 0.5) is 4.39 Å². The molecule has 2 aromatic rings. The van der Waals surface area contributed by atoms with Gasteiger partial charge in [-0.15, -0.1) is 0 Å². The van der Waals surface area contributed by atoms with E-state index in [4.69, 9.17) is 0 Å². The zero-order valence-corrected chi connectivity index (χ0v) is 10.2. The highest BCUT2D eigenvalue weighted by Crippen LogP contribution is 2.22. The van der Waals surface area contributed by atoms with Gasteiger partial charge in [0.15, 0.2) is 0 Å². The lowest BCUT2D eigenvalue weighted by Gasteiger charge is -2.12. The van der Waals surface area contributed by atoms with Gasteiger partial charge in [-0.3, -0.25) is 0 Å². The highest BCUT2D eigenvalue weighted by molar-refractivity contribution is 5.32. The van der Waals surface area contributed by atoms with Gasteiger partial charge >= 0.3 is 0 Å². The molecule has 2 rings (SSSR count). The number of hydrogen-bond acceptors (Lipinski definition) is 2. The van der Waals surface area contributed by atoms with Crippen LogP contribution in [0.25, 0.3) is 0 Å². The number of benzene rings is 2. The van der Waals surface area contributed by atoms with E-state index in [1.54, 1.807) is 12.1 Å². The number of aliphatic hydroxyl groups excluding tert-OH is 1. The summed E-state index contributed by atoms with van der Waals surface area (Å²) in [4.78, 5) is 0. The van der Waals surface area contributed by atoms with E-state index in [9.17, 15) is 9.50 Å². The van der Waals surface area contributed by atoms with Crippen LogP contribution < -0.4 is 5.32 Å². The van der Waals surface area contributed by atoms with E-state index in [-0.39, 0.29) is 5.82 Å². The normalized spacial score (nSPS) is 12.4. The second kappa shape index (κ2) is 5.76. The fraction of sp³-hybridized carbons (Fsp3) is 0.200. The Morgan fingerprint density at radius 1 is 1.11 bits per heavy atom. The summed E-state index contributed by atoms with van der Waals surface area (Å²) in [5, 5.41) is 13.3. The molecular formula is C15H16FNO. The maximum atomic E-state index is 12.8. The fourth-order valence-electron chi connectivity index (χ4n) is 1.91. The minimum Gasteiger partial charge on any atom is -0.384 e. The van der Waals surface area contributed by atoms with Crippen LogP contribution in [-0.2, 0) is 6.54 Å². The van der Waals surface area contributed by atoms with Gasteiger partial charge in [-0.25, -0.2) is 4.39 Å². The lowest BCUT2D eigenvalue weighted by atomic mass is 10.00. The molecule has 0 bridgehead atoms. The zero-order valence-electron chi connectivity index (χ0n) is 10.2. The number of rotatable bonds is 4. The van der Waals surface area contributed by atoms with Crippen LogP contribution in [0.15, 0.2) is 48.5 Å². The Hall–Kier alpha value is -1.71. The van der Waals surface area contributed by atoms with Crippen LogP contribution in [0.3, 0.4) is 0 Å². The van der Waals surface area contributed by atoms with Gasteiger partial charge in [0, 0.05) is 6.54 Å². The number of nitrogens with one attached hydrogen (secondary N) is 1. The van der Waals surface area contributed by atoms with Crippen molar-refractivity contribution in [2.45, 2.75) is 12.6 Å². The third-order valence-corrected chi connectivity index (χ3v) is 2.83. The van der Waals surface area contributed by atoms with Crippen LogP contribution in [0, 0.1) is 5.82 Å². The summed E-state index contributed by atoms with van der Waals surface area (Å²) in [5.41, 5.74) is 2.61. The molecule has 2 N–H and O–H groups in total. The van der Waals surface area contributed by atoms with Crippen LogP contribution in [0.1, 0.15) is 22.8 Å². The molecule has 2 nitrogen and oxygen atoms in total. The Morgan fingerprint density at radius 3 is 2.50 bits per heavy atom. The molecule has 0 aromatic heterocycles. The van der Waals surface area contributed by atoms with Crippen molar-refractivity contribution in [3.05, 3.63) is 71.0 Å². The summed E-state index contributed by atoms with van der Waals surface area (Å²) >= 11 is 0. The molecule has 0 amide bonds. The van der Waals surface area contributed by atoms with Crippen molar-refractivity contribution >= 4 is 0 Å². The van der Waals surface area contributed by atoms with Gasteiger partial charge in [0.2, 0.25) is 0 Å². The van der Waals surface area contributed by atoms with E-state index in [0.717, 1.165) is 17.7 Å². The van der Waals surface area contributed by atoms with Crippen molar-refractivity contribution in [3.63, 3.8) is 0 Å². The summed E-state index contributed by atoms with van der Waals surface area (Å²) in [6, 6.07) is 13.6. The molecule has 0 aliphatic heterocycles. The molecule has 0 saturated carbocycles. The Balaban J connectivity index is 2.24. The zero-order chi connectivity index (χ0) is 13.0. The molecule has 0 radical (unpaired) electrons. The minimum atomic E-state index is -0.720. The first-order valence-corrected chi connectivity index (χ1v) is 5.87. The maximum absolute atomic E-state index is 12.8. The van der Waals surface area contributed by atoms with E-state index < -0.39 is 6.10 Å². The minimum absolute atomic E-state index is 0.296. The standard InChI is InChI=1S/C15H16FNO/c1-17-10-11-3-2-4-13(9-11)15(18)12-5-7-14(16)8-6-12/h2-9,15,17-18H,10H2,1H3. The van der Waals surface area contributed by atoms with E-state index in [1.165, 1.54) is 12.1 Å². The van der Waals surface area contributed by atoms with Gasteiger partial charge in [0.25, 0.3) is 0 Å². The monoisotopic (exact) mass is 245 g/mol. The lowest BCUT2D eigenvalue weighted by molar-refractivity contribution is 0.220. The van der Waals surface area contributed by atoms with Crippen molar-refractivity contribution in [2.24, 2.45) is 0 Å². The van der Waals surface area contributed by atoms with Gasteiger partial charge in [-0.05, 0) is 35.9 Å². The third-order valence-electron chi connectivity index (χ3n) is 2.83. The van der Waals surface area contributed by atoms with Crippen LogP contribution in [0.5, 0.6) is 0 Å². The van der Waals surface area contributed by atoms with Gasteiger partial charge in [-0.2, -0.15) is 0 Å². The predicted molar refractivity (Wildman–Crippen MR) is 69.7 cm³/mol. The highest BCUT2D eigenvalue weighted by atomic mass is 19.1. The number of hydrogen-bond donors (Lipinski definition) is 2. The first-order valence-electron chi connectivity index (χ1n) is 5.87. The second-order valence-corrected chi connectivity index (χ2v) is 4.23. The SMILES string of the molecule is CNCc1cccc(C(O)c2ccc(F)cc2)c1. The predicted octanol–water partition coefficient (Wildman–Crippen LogP) is 2.63. The average Bonchev–Trinajstić information content (AvgIpc) is 2.39. The van der Waals surface area contributed by atoms with E-state index in [1.807, 2.05) is 31.3 Å². The van der Waals surface area contributed by atoms with Crippen molar-refractivity contribution < 1.29 is 9.50 Å². The second-order valence-electron chi connectivity index (χ2n) is 4.23. The molecule has 94 valence electrons. The fourth-order valence-corrected chi connectivity index (χ4v) is 1.91. The summed E-state index contributed by atoms with van der Waals surface area (Å²) in [5.74, 6) is -0.296. The Morgan fingerprint density at radius 2 is 1.83 bits per heavy atom. The third kappa shape index (κ3) is 2.94. The molecule has 1 unspecified atom stereocenters. The molecule has 0 aliphatic rings. The van der Waals surface area contributed by atoms with Crippen LogP contribution in [0.2, 0.25) is 0 Å². The van der Waals surface area contributed by atoms with E-state index in [2.05, 4.69) is 5.32 Å².